The average molecular weight is 430 g/mol. The summed E-state index contributed by atoms with van der Waals surface area (Å²) in [7, 11) is -4.08. The van der Waals surface area contributed by atoms with E-state index in [0.29, 0.717) is 0 Å². The fourth-order valence-electron chi connectivity index (χ4n) is 2.86. The van der Waals surface area contributed by atoms with Crippen molar-refractivity contribution < 1.29 is 35.9 Å². The van der Waals surface area contributed by atoms with Crippen LogP contribution in [0.25, 0.3) is 0 Å². The molecule has 0 aliphatic heterocycles. The van der Waals surface area contributed by atoms with Crippen molar-refractivity contribution in [3.63, 3.8) is 0 Å². The summed E-state index contributed by atoms with van der Waals surface area (Å²) in [6.45, 7) is 4.95. The number of phosphoric ester groups is 1. The number of hydrogen-bond donors (Lipinski definition) is 0. The van der Waals surface area contributed by atoms with Crippen molar-refractivity contribution in [3.8, 4) is 0 Å². The van der Waals surface area contributed by atoms with Crippen molar-refractivity contribution in [1.29, 1.82) is 0 Å². The van der Waals surface area contributed by atoms with E-state index in [4.69, 9.17) is 9.05 Å². The molecule has 26 heavy (non-hydrogen) atoms. The van der Waals surface area contributed by atoms with Crippen LogP contribution in [0.3, 0.4) is 0 Å². The molecule has 0 aromatic heterocycles. The third-order valence-corrected chi connectivity index (χ3v) is 5.49. The topological polar surface area (TPSA) is 58.6 Å². The van der Waals surface area contributed by atoms with E-state index in [9.17, 15) is 9.46 Å². The van der Waals surface area contributed by atoms with Gasteiger partial charge in [0.1, 0.15) is 0 Å². The van der Waals surface area contributed by atoms with Crippen LogP contribution in [0.1, 0.15) is 117 Å². The van der Waals surface area contributed by atoms with Gasteiger partial charge in [0.2, 0.25) is 0 Å². The molecule has 0 aliphatic rings. The molecule has 0 aromatic carbocycles. The molecule has 0 saturated heterocycles. The number of unbranched alkanes of at least 4 members (excludes halogenated alkanes) is 14. The van der Waals surface area contributed by atoms with Crippen LogP contribution in [0.4, 0.5) is 0 Å². The summed E-state index contributed by atoms with van der Waals surface area (Å²) in [5, 5.41) is 0. The Morgan fingerprint density at radius 2 is 0.846 bits per heavy atom. The molecule has 0 saturated carbocycles. The predicted molar refractivity (Wildman–Crippen MR) is 105 cm³/mol. The first-order valence-electron chi connectivity index (χ1n) is 10.7. The second-order valence-electron chi connectivity index (χ2n) is 7.06. The van der Waals surface area contributed by atoms with Gasteiger partial charge in [0.05, 0.1) is 13.2 Å². The number of hydrogen-bond acceptors (Lipinski definition) is 4. The Morgan fingerprint density at radius 1 is 0.577 bits per heavy atom. The fourth-order valence-corrected chi connectivity index (χ4v) is 3.64. The maximum atomic E-state index is 11.6. The van der Waals surface area contributed by atoms with Crippen molar-refractivity contribution in [1.82, 2.24) is 0 Å². The molecule has 0 rings (SSSR count). The largest absolute Gasteiger partial charge is 2.00 e. The van der Waals surface area contributed by atoms with Gasteiger partial charge in [-0.2, -0.15) is 0 Å². The normalized spacial score (nSPS) is 11.5. The first-order chi connectivity index (χ1) is 12.1. The minimum atomic E-state index is -4.08. The zero-order chi connectivity index (χ0) is 18.6. The van der Waals surface area contributed by atoms with Crippen molar-refractivity contribution in [2.24, 2.45) is 0 Å². The molecule has 0 radical (unpaired) electrons. The van der Waals surface area contributed by atoms with Crippen LogP contribution in [0.5, 0.6) is 0 Å². The first-order valence-corrected chi connectivity index (χ1v) is 12.2. The summed E-state index contributed by atoms with van der Waals surface area (Å²) >= 11 is 0. The summed E-state index contributed by atoms with van der Waals surface area (Å²) in [6.07, 6.45) is 18.8. The molecule has 0 spiro atoms. The SMILES string of the molecule is CCCCCCCCCCOP(=O)([O-])OCCCCCCCCCC.[Cr+2]. The van der Waals surface area contributed by atoms with Gasteiger partial charge < -0.3 is 13.9 Å². The van der Waals surface area contributed by atoms with Gasteiger partial charge in [0.25, 0.3) is 7.82 Å². The van der Waals surface area contributed by atoms with Gasteiger partial charge in [-0.25, -0.2) is 0 Å². The van der Waals surface area contributed by atoms with Crippen molar-refractivity contribution in [3.05, 3.63) is 0 Å². The van der Waals surface area contributed by atoms with Crippen molar-refractivity contribution >= 4 is 7.82 Å². The molecular weight excluding hydrogens is 387 g/mol. The zero-order valence-corrected chi connectivity index (χ0v) is 19.4. The summed E-state index contributed by atoms with van der Waals surface area (Å²) < 4.78 is 21.5. The summed E-state index contributed by atoms with van der Waals surface area (Å²) in [4.78, 5) is 11.6. The molecule has 4 nitrogen and oxygen atoms in total. The van der Waals surface area contributed by atoms with Gasteiger partial charge in [-0.1, -0.05) is 104 Å². The molecule has 0 unspecified atom stereocenters. The van der Waals surface area contributed by atoms with E-state index in [0.717, 1.165) is 38.5 Å². The molecule has 0 atom stereocenters. The second kappa shape index (κ2) is 21.9. The molecule has 0 aromatic rings. The molecule has 0 bridgehead atoms. The van der Waals surface area contributed by atoms with Crippen LogP contribution < -0.4 is 4.89 Å². The van der Waals surface area contributed by atoms with Gasteiger partial charge >= 0.3 is 17.4 Å². The minimum Gasteiger partial charge on any atom is -0.756 e. The van der Waals surface area contributed by atoms with Crippen LogP contribution in [0, 0.1) is 0 Å². The fraction of sp³-hybridized carbons (Fsp3) is 1.00. The molecule has 0 amide bonds. The molecule has 156 valence electrons. The summed E-state index contributed by atoms with van der Waals surface area (Å²) in [5.74, 6) is 0. The van der Waals surface area contributed by atoms with Crippen molar-refractivity contribution in [2.45, 2.75) is 117 Å². The Balaban J connectivity index is 0. The third kappa shape index (κ3) is 22.7. The van der Waals surface area contributed by atoms with E-state index in [-0.39, 0.29) is 30.6 Å². The zero-order valence-electron chi connectivity index (χ0n) is 17.2. The molecule has 6 heteroatoms. The molecule has 0 fully saturated rings. The average Bonchev–Trinajstić information content (AvgIpc) is 2.59. The van der Waals surface area contributed by atoms with E-state index in [1.165, 1.54) is 64.2 Å². The Hall–Kier alpha value is 0.642. The predicted octanol–water partition coefficient (Wildman–Crippen LogP) is 6.77. The van der Waals surface area contributed by atoms with E-state index in [2.05, 4.69) is 13.8 Å². The van der Waals surface area contributed by atoms with E-state index in [1.807, 2.05) is 0 Å². The first kappa shape index (κ1) is 28.8. The monoisotopic (exact) mass is 429 g/mol. The molecule has 0 aliphatic carbocycles. The van der Waals surface area contributed by atoms with Gasteiger partial charge in [-0.05, 0) is 12.8 Å². The second-order valence-corrected chi connectivity index (χ2v) is 8.47. The van der Waals surface area contributed by atoms with E-state index in [1.54, 1.807) is 0 Å². The van der Waals surface area contributed by atoms with Crippen LogP contribution in [-0.4, -0.2) is 13.2 Å². The molecule has 0 heterocycles. The summed E-state index contributed by atoms with van der Waals surface area (Å²) in [5.41, 5.74) is 0. The molecular formula is C20H42CrO4P+. The Labute approximate surface area is 173 Å². The maximum absolute atomic E-state index is 11.6. The van der Waals surface area contributed by atoms with Crippen LogP contribution in [0.2, 0.25) is 0 Å². The van der Waals surface area contributed by atoms with Gasteiger partial charge in [0, 0.05) is 0 Å². The van der Waals surface area contributed by atoms with E-state index < -0.39 is 7.82 Å². The van der Waals surface area contributed by atoms with Gasteiger partial charge in [-0.15, -0.1) is 0 Å². The standard InChI is InChI=1S/C20H43O4P.Cr/c1-3-5-7-9-11-13-15-17-19-23-25(21,22)24-20-18-16-14-12-10-8-6-4-2;/h3-20H2,1-2H3,(H,21,22);/q;+2/p-1. The van der Waals surface area contributed by atoms with Gasteiger partial charge in [0.15, 0.2) is 0 Å². The van der Waals surface area contributed by atoms with Gasteiger partial charge in [-0.3, -0.25) is 4.57 Å². The van der Waals surface area contributed by atoms with Crippen LogP contribution >= 0.6 is 7.82 Å². The smallest absolute Gasteiger partial charge is 0.756 e. The molecule has 0 N–H and O–H groups in total. The number of rotatable bonds is 20. The Bertz CT molecular complexity index is 290. The van der Waals surface area contributed by atoms with Crippen molar-refractivity contribution in [2.75, 3.05) is 13.2 Å². The summed E-state index contributed by atoms with van der Waals surface area (Å²) in [6, 6.07) is 0. The van der Waals surface area contributed by atoms with Crippen LogP contribution in [0.15, 0.2) is 0 Å². The maximum Gasteiger partial charge on any atom is 2.00 e. The quantitative estimate of drug-likeness (QED) is 0.158. The minimum absolute atomic E-state index is 0. The number of phosphoric acid groups is 1. The Morgan fingerprint density at radius 3 is 1.15 bits per heavy atom. The van der Waals surface area contributed by atoms with E-state index >= 15 is 0 Å². The third-order valence-electron chi connectivity index (χ3n) is 4.49. The van der Waals surface area contributed by atoms with Crippen LogP contribution in [-0.2, 0) is 31.0 Å². The Kier molecular flexibility index (Phi) is 24.3.